The largest absolute Gasteiger partial charge is 0.462 e. The number of aromatic nitrogens is 3. The van der Waals surface area contributed by atoms with Crippen molar-refractivity contribution in [3.63, 3.8) is 0 Å². The van der Waals surface area contributed by atoms with E-state index in [1.165, 1.54) is 16.0 Å². The Hall–Kier alpha value is -3.52. The first-order valence-corrected chi connectivity index (χ1v) is 10.5. The number of benzene rings is 1. The Morgan fingerprint density at radius 1 is 1.17 bits per heavy atom. The number of carbonyl (C=O) groups excluding carboxylic acids is 1. The molecule has 0 saturated carbocycles. The van der Waals surface area contributed by atoms with Gasteiger partial charge in [0, 0.05) is 29.1 Å². The van der Waals surface area contributed by atoms with Gasteiger partial charge in [-0.15, -0.1) is 11.3 Å². The highest BCUT2D eigenvalue weighted by Gasteiger charge is 2.26. The number of carbonyl (C=O) groups is 1. The molecule has 30 heavy (non-hydrogen) atoms. The number of pyridine rings is 1. The van der Waals surface area contributed by atoms with Gasteiger partial charge in [0.2, 0.25) is 0 Å². The van der Waals surface area contributed by atoms with Crippen LogP contribution in [0.3, 0.4) is 0 Å². The van der Waals surface area contributed by atoms with Crippen LogP contribution in [-0.2, 0) is 11.3 Å². The molecule has 8 heteroatoms. The molecule has 0 atom stereocenters. The molecule has 0 amide bonds. The van der Waals surface area contributed by atoms with E-state index in [0.29, 0.717) is 17.9 Å². The number of hydrogen-bond acceptors (Lipinski definition) is 7. The van der Waals surface area contributed by atoms with Crippen LogP contribution in [0.4, 0.5) is 11.4 Å². The summed E-state index contributed by atoms with van der Waals surface area (Å²) < 4.78 is 6.64. The van der Waals surface area contributed by atoms with Gasteiger partial charge < -0.3 is 10.1 Å². The molecule has 0 aliphatic carbocycles. The maximum absolute atomic E-state index is 13.2. The lowest BCUT2D eigenvalue weighted by atomic mass is 10.0. The number of nitrogens with zero attached hydrogens (tertiary/aromatic N) is 3. The van der Waals surface area contributed by atoms with E-state index in [-0.39, 0.29) is 23.4 Å². The van der Waals surface area contributed by atoms with Crippen molar-refractivity contribution in [3.05, 3.63) is 70.0 Å². The number of hydrogen-bond donors (Lipinski definition) is 1. The van der Waals surface area contributed by atoms with E-state index in [0.717, 1.165) is 15.8 Å². The molecule has 4 rings (SSSR count). The van der Waals surface area contributed by atoms with Gasteiger partial charge >= 0.3 is 5.97 Å². The van der Waals surface area contributed by atoms with Crippen LogP contribution >= 0.6 is 11.3 Å². The molecular weight excluding hydrogens is 400 g/mol. The summed E-state index contributed by atoms with van der Waals surface area (Å²) in [4.78, 5) is 31.3. The Bertz CT molecular complexity index is 1260. The fraction of sp³-hybridized carbons (Fsp3) is 0.182. The number of thiophene rings is 1. The number of fused-ring (bicyclic) bond motifs is 1. The zero-order valence-electron chi connectivity index (χ0n) is 16.6. The van der Waals surface area contributed by atoms with Crippen molar-refractivity contribution in [2.24, 2.45) is 0 Å². The van der Waals surface area contributed by atoms with Crippen molar-refractivity contribution in [3.8, 4) is 11.3 Å². The highest BCUT2D eigenvalue weighted by atomic mass is 32.1. The van der Waals surface area contributed by atoms with Gasteiger partial charge in [0.15, 0.2) is 0 Å². The van der Waals surface area contributed by atoms with Crippen molar-refractivity contribution in [2.75, 3.05) is 11.9 Å². The third-order valence-electron chi connectivity index (χ3n) is 4.59. The molecule has 4 aromatic rings. The van der Waals surface area contributed by atoms with Gasteiger partial charge in [-0.2, -0.15) is 5.10 Å². The Morgan fingerprint density at radius 2 is 1.97 bits per heavy atom. The molecule has 0 bridgehead atoms. The standard InChI is InChI=1S/C22H20N4O3S/c1-3-26-21(27)19(24-16-13-30-20-15(16)11-8-12-23-20)17(22(28)29-4-2)18(25-26)14-9-6-5-7-10-14/h5-13,24H,3-4H2,1-2H3. The fourth-order valence-corrected chi connectivity index (χ4v) is 4.04. The summed E-state index contributed by atoms with van der Waals surface area (Å²) in [6.45, 7) is 4.11. The predicted octanol–water partition coefficient (Wildman–Crippen LogP) is 4.46. The number of rotatable bonds is 6. The Kier molecular flexibility index (Phi) is 5.58. The molecule has 3 heterocycles. The highest BCUT2D eigenvalue weighted by Crippen LogP contribution is 2.33. The molecule has 0 spiro atoms. The Labute approximate surface area is 177 Å². The summed E-state index contributed by atoms with van der Waals surface area (Å²) in [5, 5.41) is 10.4. The van der Waals surface area contributed by atoms with Crippen molar-refractivity contribution in [2.45, 2.75) is 20.4 Å². The normalized spacial score (nSPS) is 10.9. The van der Waals surface area contributed by atoms with Crippen molar-refractivity contribution in [1.82, 2.24) is 14.8 Å². The number of anilines is 2. The second-order valence-corrected chi connectivity index (χ2v) is 7.29. The molecule has 0 unspecified atom stereocenters. The summed E-state index contributed by atoms with van der Waals surface area (Å²) in [7, 11) is 0. The maximum Gasteiger partial charge on any atom is 0.342 e. The molecule has 1 N–H and O–H groups in total. The lowest BCUT2D eigenvalue weighted by Crippen LogP contribution is -2.29. The van der Waals surface area contributed by atoms with Gasteiger partial charge in [0.25, 0.3) is 5.56 Å². The fourth-order valence-electron chi connectivity index (χ4n) is 3.20. The monoisotopic (exact) mass is 420 g/mol. The maximum atomic E-state index is 13.2. The predicted molar refractivity (Wildman–Crippen MR) is 118 cm³/mol. The molecule has 3 aromatic heterocycles. The summed E-state index contributed by atoms with van der Waals surface area (Å²) in [6.07, 6.45) is 1.72. The van der Waals surface area contributed by atoms with E-state index in [1.807, 2.05) is 54.8 Å². The average Bonchev–Trinajstić information content (AvgIpc) is 3.18. The minimum absolute atomic E-state index is 0.126. The van der Waals surface area contributed by atoms with Crippen molar-refractivity contribution < 1.29 is 9.53 Å². The number of nitrogens with one attached hydrogen (secondary N) is 1. The molecule has 0 fully saturated rings. The van der Waals surface area contributed by atoms with Crippen molar-refractivity contribution >= 4 is 38.9 Å². The molecule has 0 saturated heterocycles. The zero-order valence-corrected chi connectivity index (χ0v) is 17.4. The van der Waals surface area contributed by atoms with Gasteiger partial charge in [-0.3, -0.25) is 4.79 Å². The molecule has 0 radical (unpaired) electrons. The topological polar surface area (TPSA) is 86.1 Å². The van der Waals surface area contributed by atoms with Crippen molar-refractivity contribution in [1.29, 1.82) is 0 Å². The van der Waals surface area contributed by atoms with Gasteiger partial charge in [-0.25, -0.2) is 14.5 Å². The third-order valence-corrected chi connectivity index (χ3v) is 5.49. The summed E-state index contributed by atoms with van der Waals surface area (Å²) >= 11 is 1.46. The minimum Gasteiger partial charge on any atom is -0.462 e. The van der Waals surface area contributed by atoms with Gasteiger partial charge in [-0.1, -0.05) is 30.3 Å². The molecule has 152 valence electrons. The molecule has 7 nitrogen and oxygen atoms in total. The Morgan fingerprint density at radius 3 is 2.70 bits per heavy atom. The minimum atomic E-state index is -0.593. The van der Waals surface area contributed by atoms with Crippen LogP contribution in [0.15, 0.2) is 58.8 Å². The lowest BCUT2D eigenvalue weighted by Gasteiger charge is -2.16. The first-order chi connectivity index (χ1) is 14.6. The van der Waals surface area contributed by atoms with Crippen LogP contribution in [0.1, 0.15) is 24.2 Å². The van der Waals surface area contributed by atoms with E-state index < -0.39 is 5.97 Å². The van der Waals surface area contributed by atoms with Crippen LogP contribution in [0.2, 0.25) is 0 Å². The first kappa shape index (κ1) is 19.8. The summed E-state index contributed by atoms with van der Waals surface area (Å²) in [5.74, 6) is -0.593. The number of esters is 1. The number of aryl methyl sites for hydroxylation is 1. The second-order valence-electron chi connectivity index (χ2n) is 6.44. The SMILES string of the molecule is CCOC(=O)c1c(-c2ccccc2)nn(CC)c(=O)c1Nc1csc2ncccc12. The van der Waals surface area contributed by atoms with Crippen LogP contribution in [0.25, 0.3) is 21.5 Å². The first-order valence-electron chi connectivity index (χ1n) is 9.61. The second kappa shape index (κ2) is 8.46. The van der Waals surface area contributed by atoms with Crippen LogP contribution in [0.5, 0.6) is 0 Å². The van der Waals surface area contributed by atoms with Gasteiger partial charge in [0.1, 0.15) is 21.8 Å². The molecule has 1 aromatic carbocycles. The average molecular weight is 420 g/mol. The smallest absolute Gasteiger partial charge is 0.342 e. The molecule has 0 aliphatic rings. The number of ether oxygens (including phenoxy) is 1. The summed E-state index contributed by atoms with van der Waals surface area (Å²) in [6, 6.07) is 13.1. The van der Waals surface area contributed by atoms with E-state index in [1.54, 1.807) is 13.1 Å². The molecular formula is C22H20N4O3S. The third kappa shape index (κ3) is 3.57. The van der Waals surface area contributed by atoms with Gasteiger partial charge in [0.05, 0.1) is 12.3 Å². The van der Waals surface area contributed by atoms with E-state index >= 15 is 0 Å². The summed E-state index contributed by atoms with van der Waals surface area (Å²) in [5.41, 5.74) is 1.72. The van der Waals surface area contributed by atoms with E-state index in [9.17, 15) is 9.59 Å². The quantitative estimate of drug-likeness (QED) is 0.464. The van der Waals surface area contributed by atoms with Crippen LogP contribution in [0, 0.1) is 0 Å². The van der Waals surface area contributed by atoms with E-state index in [2.05, 4.69) is 15.4 Å². The van der Waals surface area contributed by atoms with Crippen LogP contribution in [-0.4, -0.2) is 27.3 Å². The Balaban J connectivity index is 1.97. The molecule has 0 aliphatic heterocycles. The zero-order chi connectivity index (χ0) is 21.1. The lowest BCUT2D eigenvalue weighted by molar-refractivity contribution is 0.0527. The van der Waals surface area contributed by atoms with Crippen LogP contribution < -0.4 is 10.9 Å². The van der Waals surface area contributed by atoms with E-state index in [4.69, 9.17) is 4.74 Å². The van der Waals surface area contributed by atoms with Gasteiger partial charge in [-0.05, 0) is 26.0 Å². The highest BCUT2D eigenvalue weighted by molar-refractivity contribution is 7.17.